The second-order valence-corrected chi connectivity index (χ2v) is 11.2. The van der Waals surface area contributed by atoms with Gasteiger partial charge >= 0.3 is 5.97 Å². The second kappa shape index (κ2) is 24.0. The van der Waals surface area contributed by atoms with Gasteiger partial charge in [0.25, 0.3) is 10.9 Å². The van der Waals surface area contributed by atoms with Gasteiger partial charge in [-0.1, -0.05) is 104 Å². The maximum absolute atomic E-state index is 11.9. The molecule has 0 aliphatic heterocycles. The Morgan fingerprint density at radius 2 is 1.15 bits per heavy atom. The summed E-state index contributed by atoms with van der Waals surface area (Å²) < 4.78 is 5.39. The SMILES string of the molecule is CCCCCCCCCOC(=O)CCCCCCCN(CCCCCCCC)CCCNc1c(N)c(=O)c1=O. The largest absolute Gasteiger partial charge is 0.466 e. The highest BCUT2D eigenvalue weighted by Gasteiger charge is 2.17. The Labute approximate surface area is 238 Å². The van der Waals surface area contributed by atoms with Crippen LogP contribution >= 0.6 is 0 Å². The Morgan fingerprint density at radius 1 is 0.667 bits per heavy atom. The molecule has 0 saturated heterocycles. The molecule has 1 aromatic rings. The fraction of sp³-hybridized carbons (Fsp3) is 0.844. The quantitative estimate of drug-likeness (QED) is 0.0661. The van der Waals surface area contributed by atoms with Gasteiger partial charge < -0.3 is 20.7 Å². The number of rotatable bonds is 28. The molecule has 0 saturated carbocycles. The first-order chi connectivity index (χ1) is 19.0. The van der Waals surface area contributed by atoms with Crippen molar-refractivity contribution in [1.29, 1.82) is 0 Å². The van der Waals surface area contributed by atoms with Crippen LogP contribution in [0.2, 0.25) is 0 Å². The van der Waals surface area contributed by atoms with Crippen molar-refractivity contribution in [2.24, 2.45) is 0 Å². The first-order valence-corrected chi connectivity index (χ1v) is 16.2. The van der Waals surface area contributed by atoms with Gasteiger partial charge in [0.1, 0.15) is 11.4 Å². The van der Waals surface area contributed by atoms with E-state index in [0.717, 1.165) is 64.6 Å². The van der Waals surface area contributed by atoms with Gasteiger partial charge in [0.15, 0.2) is 0 Å². The highest BCUT2D eigenvalue weighted by atomic mass is 16.5. The Hall–Kier alpha value is -1.89. The van der Waals surface area contributed by atoms with E-state index in [-0.39, 0.29) is 11.7 Å². The standard InChI is InChI=1S/C32H59N3O4/c1-3-5-7-9-11-16-20-27-39-28(36)22-17-13-12-15-19-25-35(24-18-14-10-8-6-4-2)26-21-23-34-30-29(33)31(37)32(30)38/h34H,3-27,33H2,1-2H3. The van der Waals surface area contributed by atoms with Crippen LogP contribution in [0.25, 0.3) is 0 Å². The zero-order valence-corrected chi connectivity index (χ0v) is 25.3. The average Bonchev–Trinajstić information content (AvgIpc) is 2.94. The third kappa shape index (κ3) is 17.4. The molecule has 0 spiro atoms. The minimum Gasteiger partial charge on any atom is -0.466 e. The van der Waals surface area contributed by atoms with Crippen LogP contribution in [0.5, 0.6) is 0 Å². The van der Waals surface area contributed by atoms with Crippen molar-refractivity contribution < 1.29 is 9.53 Å². The van der Waals surface area contributed by atoms with Crippen LogP contribution in [-0.2, 0) is 9.53 Å². The Morgan fingerprint density at radius 3 is 1.72 bits per heavy atom. The van der Waals surface area contributed by atoms with Gasteiger partial charge in [-0.3, -0.25) is 14.4 Å². The number of nitrogen functional groups attached to an aromatic ring is 1. The van der Waals surface area contributed by atoms with E-state index in [1.165, 1.54) is 77.0 Å². The van der Waals surface area contributed by atoms with Crippen LogP contribution in [0, 0.1) is 0 Å². The van der Waals surface area contributed by atoms with Gasteiger partial charge in [0, 0.05) is 13.0 Å². The summed E-state index contributed by atoms with van der Waals surface area (Å²) in [6.07, 6.45) is 23.3. The molecule has 1 aromatic carbocycles. The number of anilines is 2. The highest BCUT2D eigenvalue weighted by molar-refractivity contribution is 5.71. The van der Waals surface area contributed by atoms with E-state index in [4.69, 9.17) is 10.5 Å². The van der Waals surface area contributed by atoms with Crippen LogP contribution in [0.4, 0.5) is 11.4 Å². The number of ether oxygens (including phenoxy) is 1. The zero-order chi connectivity index (χ0) is 28.6. The Kier molecular flexibility index (Phi) is 21.6. The number of nitrogens with two attached hydrogens (primary N) is 1. The molecule has 0 radical (unpaired) electrons. The lowest BCUT2D eigenvalue weighted by molar-refractivity contribution is -0.143. The molecular weight excluding hydrogens is 490 g/mol. The Bertz CT molecular complexity index is 804. The zero-order valence-electron chi connectivity index (χ0n) is 25.3. The summed E-state index contributed by atoms with van der Waals surface area (Å²) in [7, 11) is 0. The van der Waals surface area contributed by atoms with Crippen molar-refractivity contribution in [2.75, 3.05) is 43.8 Å². The smallest absolute Gasteiger partial charge is 0.305 e. The van der Waals surface area contributed by atoms with Crippen molar-refractivity contribution in [3.05, 3.63) is 20.4 Å². The van der Waals surface area contributed by atoms with E-state index in [1.807, 2.05) is 0 Å². The van der Waals surface area contributed by atoms with Gasteiger partial charge in [-0.15, -0.1) is 0 Å². The van der Waals surface area contributed by atoms with Crippen molar-refractivity contribution >= 4 is 17.3 Å². The van der Waals surface area contributed by atoms with Gasteiger partial charge in [0.2, 0.25) is 0 Å². The van der Waals surface area contributed by atoms with Crippen molar-refractivity contribution in [1.82, 2.24) is 4.90 Å². The molecule has 0 unspecified atom stereocenters. The molecule has 0 aliphatic rings. The summed E-state index contributed by atoms with van der Waals surface area (Å²) in [6.45, 7) is 8.87. The number of hydrogen-bond acceptors (Lipinski definition) is 7. The molecule has 0 aromatic heterocycles. The van der Waals surface area contributed by atoms with Crippen LogP contribution in [0.3, 0.4) is 0 Å². The molecule has 0 fully saturated rings. The molecular formula is C32H59N3O4. The number of unbranched alkanes of at least 4 members (excludes halogenated alkanes) is 15. The van der Waals surface area contributed by atoms with E-state index in [2.05, 4.69) is 24.1 Å². The van der Waals surface area contributed by atoms with Crippen LogP contribution in [-0.4, -0.2) is 43.7 Å². The number of hydrogen-bond donors (Lipinski definition) is 2. The summed E-state index contributed by atoms with van der Waals surface area (Å²) in [4.78, 5) is 37.3. The number of nitrogens with zero attached hydrogens (tertiary/aromatic N) is 1. The molecule has 1 rings (SSSR count). The third-order valence-corrected chi connectivity index (χ3v) is 7.59. The first kappa shape index (κ1) is 35.1. The predicted octanol–water partition coefficient (Wildman–Crippen LogP) is 6.96. The van der Waals surface area contributed by atoms with E-state index in [9.17, 15) is 14.4 Å². The number of carbonyl (C=O) groups excluding carboxylic acids is 1. The second-order valence-electron chi connectivity index (χ2n) is 11.2. The molecule has 0 bridgehead atoms. The van der Waals surface area contributed by atoms with Gasteiger partial charge in [0.05, 0.1) is 6.61 Å². The molecule has 0 aliphatic carbocycles. The molecule has 7 nitrogen and oxygen atoms in total. The third-order valence-electron chi connectivity index (χ3n) is 7.59. The van der Waals surface area contributed by atoms with Crippen LogP contribution in [0.15, 0.2) is 9.59 Å². The monoisotopic (exact) mass is 549 g/mol. The molecule has 39 heavy (non-hydrogen) atoms. The predicted molar refractivity (Wildman–Crippen MR) is 165 cm³/mol. The maximum Gasteiger partial charge on any atom is 0.305 e. The average molecular weight is 550 g/mol. The van der Waals surface area contributed by atoms with Crippen molar-refractivity contribution in [2.45, 2.75) is 142 Å². The van der Waals surface area contributed by atoms with Crippen LogP contribution in [0.1, 0.15) is 142 Å². The normalized spacial score (nSPS) is 11.5. The fourth-order valence-electron chi connectivity index (χ4n) is 5.00. The van der Waals surface area contributed by atoms with E-state index in [1.54, 1.807) is 0 Å². The van der Waals surface area contributed by atoms with Crippen LogP contribution < -0.4 is 21.9 Å². The highest BCUT2D eigenvalue weighted by Crippen LogP contribution is 2.12. The number of carbonyl (C=O) groups is 1. The first-order valence-electron chi connectivity index (χ1n) is 16.2. The lowest BCUT2D eigenvalue weighted by atomic mass is 10.1. The number of esters is 1. The molecule has 0 atom stereocenters. The summed E-state index contributed by atoms with van der Waals surface area (Å²) in [6, 6.07) is 0. The molecule has 226 valence electrons. The van der Waals surface area contributed by atoms with E-state index >= 15 is 0 Å². The van der Waals surface area contributed by atoms with E-state index in [0.29, 0.717) is 25.3 Å². The summed E-state index contributed by atoms with van der Waals surface area (Å²) in [5.74, 6) is -0.0369. The van der Waals surface area contributed by atoms with Gasteiger partial charge in [-0.25, -0.2) is 0 Å². The minimum atomic E-state index is -0.567. The molecule has 0 heterocycles. The molecule has 3 N–H and O–H groups in total. The summed E-state index contributed by atoms with van der Waals surface area (Å²) >= 11 is 0. The topological polar surface area (TPSA) is 102 Å². The molecule has 7 heteroatoms. The molecule has 0 amide bonds. The minimum absolute atomic E-state index is 0.0369. The van der Waals surface area contributed by atoms with Gasteiger partial charge in [-0.2, -0.15) is 0 Å². The van der Waals surface area contributed by atoms with Crippen molar-refractivity contribution in [3.63, 3.8) is 0 Å². The Balaban J connectivity index is 2.12. The summed E-state index contributed by atoms with van der Waals surface area (Å²) in [5, 5.41) is 3.04. The fourth-order valence-corrected chi connectivity index (χ4v) is 5.00. The lowest BCUT2D eigenvalue weighted by Crippen LogP contribution is -2.37. The summed E-state index contributed by atoms with van der Waals surface area (Å²) in [5.41, 5.74) is 4.92. The maximum atomic E-state index is 11.9. The van der Waals surface area contributed by atoms with E-state index < -0.39 is 10.9 Å². The van der Waals surface area contributed by atoms with Gasteiger partial charge in [-0.05, 0) is 51.7 Å². The number of nitrogens with one attached hydrogen (secondary N) is 1. The van der Waals surface area contributed by atoms with Crippen molar-refractivity contribution in [3.8, 4) is 0 Å². The lowest BCUT2D eigenvalue weighted by Gasteiger charge is -2.23.